The van der Waals surface area contributed by atoms with E-state index < -0.39 is 9.84 Å². The lowest BCUT2D eigenvalue weighted by molar-refractivity contribution is -0.130. The second-order valence-electron chi connectivity index (χ2n) is 7.74. The highest BCUT2D eigenvalue weighted by atomic mass is 32.2. The number of thioether (sulfide) groups is 1. The fourth-order valence-corrected chi connectivity index (χ4v) is 7.08. The molecule has 0 spiro atoms. The van der Waals surface area contributed by atoms with Crippen LogP contribution in [0, 0.1) is 0 Å². The molecule has 0 unspecified atom stereocenters. The molecule has 1 fully saturated rings. The van der Waals surface area contributed by atoms with Crippen molar-refractivity contribution in [3.8, 4) is 16.4 Å². The van der Waals surface area contributed by atoms with Crippen molar-refractivity contribution in [1.82, 2.24) is 19.7 Å². The van der Waals surface area contributed by atoms with Crippen LogP contribution in [0.25, 0.3) is 16.4 Å². The van der Waals surface area contributed by atoms with Crippen LogP contribution in [-0.4, -0.2) is 63.8 Å². The van der Waals surface area contributed by atoms with Crippen LogP contribution in [0.3, 0.4) is 0 Å². The van der Waals surface area contributed by atoms with Gasteiger partial charge in [-0.3, -0.25) is 9.36 Å². The maximum Gasteiger partial charge on any atom is 0.233 e. The monoisotopic (exact) mass is 490 g/mol. The molecule has 1 amide bonds. The Bertz CT molecular complexity index is 1140. The highest BCUT2D eigenvalue weighted by Gasteiger charge is 2.34. The molecule has 32 heavy (non-hydrogen) atoms. The molecule has 4 rings (SSSR count). The maximum absolute atomic E-state index is 13.2. The average molecular weight is 491 g/mol. The minimum atomic E-state index is -3.06. The molecule has 1 aromatic carbocycles. The lowest BCUT2D eigenvalue weighted by Crippen LogP contribution is -2.42. The van der Waals surface area contributed by atoms with Crippen molar-refractivity contribution in [2.75, 3.05) is 23.8 Å². The molecular formula is C22H26N4O3S3. The van der Waals surface area contributed by atoms with Gasteiger partial charge in [-0.05, 0) is 36.4 Å². The molecule has 0 aliphatic carbocycles. The van der Waals surface area contributed by atoms with Crippen molar-refractivity contribution in [2.24, 2.45) is 0 Å². The van der Waals surface area contributed by atoms with E-state index >= 15 is 0 Å². The molecule has 10 heteroatoms. The standard InChI is InChI=1S/C22H26N4O3S3/c1-2-3-12-25(18-11-14-32(28,29)16-18)20(27)15-31-22-24-23-21(19-10-7-13-30-19)26(22)17-8-5-4-6-9-17/h4-10,13,18H,2-3,11-12,14-16H2,1H3/t18-/m1/s1. The number of unbranched alkanes of at least 4 members (excludes halogenated alkanes) is 1. The minimum Gasteiger partial charge on any atom is -0.338 e. The summed E-state index contributed by atoms with van der Waals surface area (Å²) in [6, 6.07) is 13.6. The van der Waals surface area contributed by atoms with Crippen molar-refractivity contribution >= 4 is 38.8 Å². The number of thiophene rings is 1. The second kappa shape index (κ2) is 10.2. The van der Waals surface area contributed by atoms with Gasteiger partial charge < -0.3 is 4.90 Å². The van der Waals surface area contributed by atoms with Crippen LogP contribution in [0.1, 0.15) is 26.2 Å². The van der Waals surface area contributed by atoms with Gasteiger partial charge >= 0.3 is 0 Å². The van der Waals surface area contributed by atoms with E-state index in [9.17, 15) is 13.2 Å². The zero-order valence-electron chi connectivity index (χ0n) is 17.9. The number of hydrogen-bond donors (Lipinski definition) is 0. The van der Waals surface area contributed by atoms with Crippen LogP contribution < -0.4 is 0 Å². The fourth-order valence-electron chi connectivity index (χ4n) is 3.81. The van der Waals surface area contributed by atoms with Crippen LogP contribution in [0.5, 0.6) is 0 Å². The zero-order chi connectivity index (χ0) is 22.6. The van der Waals surface area contributed by atoms with Crippen LogP contribution >= 0.6 is 23.1 Å². The molecule has 2 aromatic heterocycles. The molecule has 7 nitrogen and oxygen atoms in total. The van der Waals surface area contributed by atoms with Gasteiger partial charge in [-0.2, -0.15) is 0 Å². The minimum absolute atomic E-state index is 0.0502. The predicted molar refractivity (Wildman–Crippen MR) is 129 cm³/mol. The summed E-state index contributed by atoms with van der Waals surface area (Å²) < 4.78 is 25.9. The molecule has 0 bridgehead atoms. The van der Waals surface area contributed by atoms with Gasteiger partial charge in [-0.1, -0.05) is 49.4 Å². The summed E-state index contributed by atoms with van der Waals surface area (Å²) in [4.78, 5) is 15.9. The van der Waals surface area contributed by atoms with Crippen molar-refractivity contribution in [2.45, 2.75) is 37.4 Å². The van der Waals surface area contributed by atoms with E-state index in [1.807, 2.05) is 52.4 Å². The molecule has 1 aliphatic heterocycles. The third-order valence-corrected chi connectivity index (χ3v) is 8.97. The number of benzene rings is 1. The van der Waals surface area contributed by atoms with Gasteiger partial charge in [0.15, 0.2) is 20.8 Å². The fraction of sp³-hybridized carbons (Fsp3) is 0.409. The van der Waals surface area contributed by atoms with E-state index in [0.29, 0.717) is 18.1 Å². The van der Waals surface area contributed by atoms with Gasteiger partial charge in [0.05, 0.1) is 22.1 Å². The Balaban J connectivity index is 1.55. The summed E-state index contributed by atoms with van der Waals surface area (Å²) in [7, 11) is -3.06. The topological polar surface area (TPSA) is 85.2 Å². The summed E-state index contributed by atoms with van der Waals surface area (Å²) in [5.41, 5.74) is 0.931. The Morgan fingerprint density at radius 2 is 2.03 bits per heavy atom. The molecule has 3 aromatic rings. The van der Waals surface area contributed by atoms with Gasteiger partial charge in [0.1, 0.15) is 0 Å². The first-order valence-electron chi connectivity index (χ1n) is 10.7. The number of amides is 1. The largest absolute Gasteiger partial charge is 0.338 e. The number of rotatable bonds is 9. The first-order valence-corrected chi connectivity index (χ1v) is 14.3. The summed E-state index contributed by atoms with van der Waals surface area (Å²) >= 11 is 2.93. The van der Waals surface area contributed by atoms with Gasteiger partial charge in [0.25, 0.3) is 0 Å². The van der Waals surface area contributed by atoms with Crippen LogP contribution in [0.15, 0.2) is 53.0 Å². The highest BCUT2D eigenvalue weighted by Crippen LogP contribution is 2.31. The van der Waals surface area contributed by atoms with Crippen molar-refractivity contribution in [3.05, 3.63) is 47.8 Å². The van der Waals surface area contributed by atoms with Crippen molar-refractivity contribution < 1.29 is 13.2 Å². The summed E-state index contributed by atoms with van der Waals surface area (Å²) in [5, 5.41) is 11.4. The predicted octanol–water partition coefficient (Wildman–Crippen LogP) is 3.90. The van der Waals surface area contributed by atoms with Crippen LogP contribution in [0.4, 0.5) is 0 Å². The number of carbonyl (C=O) groups is 1. The summed E-state index contributed by atoms with van der Waals surface area (Å²) in [6.45, 7) is 2.65. The van der Waals surface area contributed by atoms with E-state index in [-0.39, 0.29) is 29.2 Å². The molecule has 0 radical (unpaired) electrons. The molecule has 1 atom stereocenters. The van der Waals surface area contributed by atoms with Gasteiger partial charge in [0.2, 0.25) is 5.91 Å². The smallest absolute Gasteiger partial charge is 0.233 e. The molecule has 3 heterocycles. The number of nitrogens with zero attached hydrogens (tertiary/aromatic N) is 4. The Kier molecular flexibility index (Phi) is 7.32. The second-order valence-corrected chi connectivity index (χ2v) is 11.9. The lowest BCUT2D eigenvalue weighted by Gasteiger charge is -2.28. The number of para-hydroxylation sites is 1. The Hall–Kier alpha value is -2.17. The Morgan fingerprint density at radius 1 is 1.22 bits per heavy atom. The third kappa shape index (κ3) is 5.24. The maximum atomic E-state index is 13.2. The summed E-state index contributed by atoms with van der Waals surface area (Å²) in [5.74, 6) is 1.11. The molecular weight excluding hydrogens is 464 g/mol. The van der Waals surface area contributed by atoms with E-state index in [0.717, 1.165) is 29.2 Å². The van der Waals surface area contributed by atoms with Gasteiger partial charge in [-0.25, -0.2) is 8.42 Å². The van der Waals surface area contributed by atoms with E-state index in [4.69, 9.17) is 0 Å². The zero-order valence-corrected chi connectivity index (χ0v) is 20.3. The normalized spacial score (nSPS) is 17.5. The van der Waals surface area contributed by atoms with Crippen molar-refractivity contribution in [1.29, 1.82) is 0 Å². The van der Waals surface area contributed by atoms with E-state index in [1.165, 1.54) is 11.8 Å². The molecule has 1 saturated heterocycles. The van der Waals surface area contributed by atoms with E-state index in [1.54, 1.807) is 16.2 Å². The van der Waals surface area contributed by atoms with Crippen LogP contribution in [-0.2, 0) is 14.6 Å². The molecule has 0 saturated carbocycles. The Labute approximate surface area is 196 Å². The number of sulfone groups is 1. The first kappa shape index (κ1) is 23.0. The van der Waals surface area contributed by atoms with Gasteiger partial charge in [0, 0.05) is 18.3 Å². The van der Waals surface area contributed by atoms with E-state index in [2.05, 4.69) is 17.1 Å². The quantitative estimate of drug-likeness (QED) is 0.423. The molecule has 1 aliphatic rings. The highest BCUT2D eigenvalue weighted by molar-refractivity contribution is 7.99. The van der Waals surface area contributed by atoms with Crippen LogP contribution in [0.2, 0.25) is 0 Å². The number of hydrogen-bond acceptors (Lipinski definition) is 7. The third-order valence-electron chi connectivity index (χ3n) is 5.44. The first-order chi connectivity index (χ1) is 15.5. The molecule has 0 N–H and O–H groups in total. The number of carbonyl (C=O) groups excluding carboxylic acids is 1. The lowest BCUT2D eigenvalue weighted by atomic mass is 10.2. The Morgan fingerprint density at radius 3 is 2.69 bits per heavy atom. The summed E-state index contributed by atoms with van der Waals surface area (Å²) in [6.07, 6.45) is 2.32. The average Bonchev–Trinajstić information content (AvgIpc) is 3.52. The SMILES string of the molecule is CCCCN(C(=O)CSc1nnc(-c2cccs2)n1-c1ccccc1)[C@@H]1CCS(=O)(=O)C1. The van der Waals surface area contributed by atoms with Gasteiger partial charge in [-0.15, -0.1) is 21.5 Å². The molecule has 170 valence electrons. The van der Waals surface area contributed by atoms with Crippen molar-refractivity contribution in [3.63, 3.8) is 0 Å². The number of aromatic nitrogens is 3.